The van der Waals surface area contributed by atoms with Gasteiger partial charge in [0.25, 0.3) is 0 Å². The number of sulfonamides is 1. The standard InChI is InChI=1S/C5H9ClN4O2S/c6-3-13(11,12)9-2-1-5-7-4-8-10-5/h4,9H,1-3H2,(H,7,8,10). The first kappa shape index (κ1) is 10.4. The van der Waals surface area contributed by atoms with Crippen molar-refractivity contribution in [3.63, 3.8) is 0 Å². The van der Waals surface area contributed by atoms with E-state index in [-0.39, 0.29) is 6.54 Å². The van der Waals surface area contributed by atoms with Crippen LogP contribution in [0.2, 0.25) is 0 Å². The average Bonchev–Trinajstić information content (AvgIpc) is 2.57. The Labute approximate surface area is 80.8 Å². The van der Waals surface area contributed by atoms with Crippen molar-refractivity contribution in [3.05, 3.63) is 12.2 Å². The summed E-state index contributed by atoms with van der Waals surface area (Å²) in [5.41, 5.74) is 0. The van der Waals surface area contributed by atoms with Crippen molar-refractivity contribution in [3.8, 4) is 0 Å². The SMILES string of the molecule is O=S(=O)(CCl)NCCc1ncn[nH]1. The molecule has 13 heavy (non-hydrogen) atoms. The lowest BCUT2D eigenvalue weighted by Gasteiger charge is -2.00. The zero-order valence-corrected chi connectivity index (χ0v) is 8.27. The topological polar surface area (TPSA) is 87.7 Å². The van der Waals surface area contributed by atoms with Gasteiger partial charge in [-0.25, -0.2) is 18.1 Å². The van der Waals surface area contributed by atoms with Crippen molar-refractivity contribution in [2.24, 2.45) is 0 Å². The van der Waals surface area contributed by atoms with Crippen molar-refractivity contribution in [1.82, 2.24) is 19.9 Å². The van der Waals surface area contributed by atoms with E-state index in [0.717, 1.165) is 0 Å². The Kier molecular flexibility index (Phi) is 3.64. The van der Waals surface area contributed by atoms with Gasteiger partial charge in [-0.3, -0.25) is 5.10 Å². The molecule has 0 radical (unpaired) electrons. The summed E-state index contributed by atoms with van der Waals surface area (Å²) in [4.78, 5) is 3.83. The number of nitrogens with zero attached hydrogens (tertiary/aromatic N) is 2. The largest absolute Gasteiger partial charge is 0.263 e. The molecular weight excluding hydrogens is 216 g/mol. The fourth-order valence-electron chi connectivity index (χ4n) is 0.715. The smallest absolute Gasteiger partial charge is 0.225 e. The minimum absolute atomic E-state index is 0.268. The van der Waals surface area contributed by atoms with E-state index in [1.807, 2.05) is 0 Å². The zero-order valence-electron chi connectivity index (χ0n) is 6.70. The molecule has 0 unspecified atom stereocenters. The molecule has 0 spiro atoms. The predicted molar refractivity (Wildman–Crippen MR) is 47.7 cm³/mol. The Hall–Kier alpha value is -0.660. The molecule has 1 heterocycles. The average molecular weight is 225 g/mol. The fraction of sp³-hybridized carbons (Fsp3) is 0.600. The molecule has 0 bridgehead atoms. The van der Waals surface area contributed by atoms with Crippen molar-refractivity contribution >= 4 is 21.6 Å². The van der Waals surface area contributed by atoms with Gasteiger partial charge >= 0.3 is 0 Å². The van der Waals surface area contributed by atoms with Crippen LogP contribution in [0.25, 0.3) is 0 Å². The Morgan fingerprint density at radius 1 is 1.62 bits per heavy atom. The molecule has 0 saturated heterocycles. The molecule has 0 fully saturated rings. The third-order valence-electron chi connectivity index (χ3n) is 1.29. The molecule has 0 aliphatic carbocycles. The number of hydrogen-bond donors (Lipinski definition) is 2. The number of aromatic amines is 1. The summed E-state index contributed by atoms with van der Waals surface area (Å²) in [7, 11) is -3.32. The predicted octanol–water partition coefficient (Wildman–Crippen LogP) is -0.537. The molecule has 74 valence electrons. The van der Waals surface area contributed by atoms with Gasteiger partial charge in [-0.05, 0) is 0 Å². The highest BCUT2D eigenvalue weighted by molar-refractivity contribution is 7.90. The molecule has 1 rings (SSSR count). The van der Waals surface area contributed by atoms with Gasteiger partial charge in [0, 0.05) is 13.0 Å². The Bertz CT molecular complexity index is 335. The van der Waals surface area contributed by atoms with Gasteiger partial charge in [0.1, 0.15) is 17.4 Å². The number of halogens is 1. The minimum atomic E-state index is -3.32. The summed E-state index contributed by atoms with van der Waals surface area (Å²) in [6, 6.07) is 0. The summed E-state index contributed by atoms with van der Waals surface area (Å²) in [5, 5.41) is 5.80. The second-order valence-electron chi connectivity index (χ2n) is 2.30. The molecule has 0 aliphatic rings. The maximum Gasteiger partial charge on any atom is 0.225 e. The van der Waals surface area contributed by atoms with Crippen molar-refractivity contribution in [2.75, 3.05) is 11.8 Å². The highest BCUT2D eigenvalue weighted by Crippen LogP contribution is 1.90. The molecule has 0 amide bonds. The van der Waals surface area contributed by atoms with Crippen molar-refractivity contribution in [2.45, 2.75) is 6.42 Å². The van der Waals surface area contributed by atoms with Crippen LogP contribution < -0.4 is 4.72 Å². The number of aromatic nitrogens is 3. The van der Waals surface area contributed by atoms with Crippen LogP contribution in [-0.4, -0.2) is 35.4 Å². The highest BCUT2D eigenvalue weighted by atomic mass is 35.5. The summed E-state index contributed by atoms with van der Waals surface area (Å²) in [6.45, 7) is 0.268. The highest BCUT2D eigenvalue weighted by Gasteiger charge is 2.06. The fourth-order valence-corrected chi connectivity index (χ4v) is 1.44. The number of rotatable bonds is 5. The molecule has 1 aromatic rings. The summed E-state index contributed by atoms with van der Waals surface area (Å²) in [5.74, 6) is 0.636. The number of nitrogens with one attached hydrogen (secondary N) is 2. The molecule has 1 aromatic heterocycles. The van der Waals surface area contributed by atoms with Crippen LogP contribution in [0.4, 0.5) is 0 Å². The van der Waals surface area contributed by atoms with Gasteiger partial charge in [0.05, 0.1) is 0 Å². The van der Waals surface area contributed by atoms with E-state index in [1.165, 1.54) is 6.33 Å². The molecule has 0 aromatic carbocycles. The van der Waals surface area contributed by atoms with E-state index < -0.39 is 15.2 Å². The van der Waals surface area contributed by atoms with Crippen LogP contribution >= 0.6 is 11.6 Å². The second kappa shape index (κ2) is 4.54. The quantitative estimate of drug-likeness (QED) is 0.658. The number of hydrogen-bond acceptors (Lipinski definition) is 4. The summed E-state index contributed by atoms with van der Waals surface area (Å²) in [6.07, 6.45) is 1.83. The molecular formula is C5H9ClN4O2S. The Morgan fingerprint density at radius 2 is 2.38 bits per heavy atom. The first-order valence-corrected chi connectivity index (χ1v) is 5.70. The van der Waals surface area contributed by atoms with E-state index in [4.69, 9.17) is 11.6 Å². The van der Waals surface area contributed by atoms with Gasteiger partial charge < -0.3 is 0 Å². The van der Waals surface area contributed by atoms with E-state index >= 15 is 0 Å². The number of H-pyrrole nitrogens is 1. The summed E-state index contributed by atoms with van der Waals surface area (Å²) < 4.78 is 24.0. The van der Waals surface area contributed by atoms with Crippen molar-refractivity contribution < 1.29 is 8.42 Å². The van der Waals surface area contributed by atoms with Gasteiger partial charge in [-0.15, -0.1) is 11.6 Å². The molecule has 0 atom stereocenters. The van der Waals surface area contributed by atoms with E-state index in [2.05, 4.69) is 19.9 Å². The van der Waals surface area contributed by atoms with Gasteiger partial charge in [-0.2, -0.15) is 5.10 Å². The van der Waals surface area contributed by atoms with E-state index in [0.29, 0.717) is 12.2 Å². The monoisotopic (exact) mass is 224 g/mol. The van der Waals surface area contributed by atoms with E-state index in [1.54, 1.807) is 0 Å². The van der Waals surface area contributed by atoms with Gasteiger partial charge in [0.15, 0.2) is 0 Å². The van der Waals surface area contributed by atoms with E-state index in [9.17, 15) is 8.42 Å². The van der Waals surface area contributed by atoms with Gasteiger partial charge in [-0.1, -0.05) is 0 Å². The third kappa shape index (κ3) is 3.71. The normalized spacial score (nSPS) is 11.8. The molecule has 0 aliphatic heterocycles. The van der Waals surface area contributed by atoms with Crippen LogP contribution in [0.5, 0.6) is 0 Å². The lowest BCUT2D eigenvalue weighted by atomic mass is 10.4. The third-order valence-corrected chi connectivity index (χ3v) is 3.09. The summed E-state index contributed by atoms with van der Waals surface area (Å²) >= 11 is 5.17. The maximum atomic E-state index is 10.8. The lowest BCUT2D eigenvalue weighted by Crippen LogP contribution is -2.26. The van der Waals surface area contributed by atoms with Crippen LogP contribution in [0.1, 0.15) is 5.82 Å². The van der Waals surface area contributed by atoms with Crippen LogP contribution in [0.15, 0.2) is 6.33 Å². The molecule has 6 nitrogen and oxygen atoms in total. The van der Waals surface area contributed by atoms with Crippen molar-refractivity contribution in [1.29, 1.82) is 0 Å². The van der Waals surface area contributed by atoms with Crippen LogP contribution in [0.3, 0.4) is 0 Å². The van der Waals surface area contributed by atoms with Crippen LogP contribution in [-0.2, 0) is 16.4 Å². The maximum absolute atomic E-state index is 10.8. The molecule has 0 saturated carbocycles. The van der Waals surface area contributed by atoms with Crippen LogP contribution in [0, 0.1) is 0 Å². The second-order valence-corrected chi connectivity index (χ2v) is 4.69. The minimum Gasteiger partial charge on any atom is -0.263 e. The Balaban J connectivity index is 2.30. The lowest BCUT2D eigenvalue weighted by molar-refractivity contribution is 0.585. The first-order chi connectivity index (χ1) is 6.14. The van der Waals surface area contributed by atoms with Gasteiger partial charge in [0.2, 0.25) is 10.0 Å². The first-order valence-electron chi connectivity index (χ1n) is 3.51. The molecule has 8 heteroatoms. The zero-order chi connectivity index (χ0) is 9.73. The number of alkyl halides is 1. The molecule has 2 N–H and O–H groups in total. The Morgan fingerprint density at radius 3 is 2.92 bits per heavy atom.